The largest absolute Gasteiger partial charge is 0.385 e. The van der Waals surface area contributed by atoms with Crippen LogP contribution in [0.4, 0.5) is 11.4 Å². The molecule has 0 amide bonds. The fourth-order valence-corrected chi connectivity index (χ4v) is 1.94. The van der Waals surface area contributed by atoms with Gasteiger partial charge in [-0.05, 0) is 44.0 Å². The lowest BCUT2D eigenvalue weighted by molar-refractivity contribution is 0.796. The van der Waals surface area contributed by atoms with Crippen molar-refractivity contribution in [2.24, 2.45) is 0 Å². The van der Waals surface area contributed by atoms with Crippen molar-refractivity contribution in [2.75, 3.05) is 23.7 Å². The Morgan fingerprint density at radius 2 is 1.21 bits per heavy atom. The predicted molar refractivity (Wildman–Crippen MR) is 83.8 cm³/mol. The molecule has 2 aromatic rings. The van der Waals surface area contributed by atoms with E-state index in [-0.39, 0.29) is 0 Å². The Kier molecular flexibility index (Phi) is 5.30. The molecule has 0 bridgehead atoms. The zero-order valence-electron chi connectivity index (χ0n) is 11.5. The van der Waals surface area contributed by atoms with Crippen LogP contribution < -0.4 is 10.6 Å². The van der Waals surface area contributed by atoms with Crippen LogP contribution in [0.2, 0.25) is 0 Å². The van der Waals surface area contributed by atoms with Crippen LogP contribution in [0.15, 0.2) is 54.6 Å². The Morgan fingerprint density at radius 3 is 1.79 bits per heavy atom. The van der Waals surface area contributed by atoms with Gasteiger partial charge in [-0.15, -0.1) is 0 Å². The van der Waals surface area contributed by atoms with Crippen LogP contribution in [-0.4, -0.2) is 13.1 Å². The smallest absolute Gasteiger partial charge is 0.0340 e. The maximum Gasteiger partial charge on any atom is 0.0340 e. The Morgan fingerprint density at radius 1 is 0.684 bits per heavy atom. The second-order valence-corrected chi connectivity index (χ2v) is 4.79. The van der Waals surface area contributed by atoms with Crippen LogP contribution in [0.5, 0.6) is 0 Å². The quantitative estimate of drug-likeness (QED) is 0.720. The molecular weight excluding hydrogens is 232 g/mol. The van der Waals surface area contributed by atoms with E-state index in [1.165, 1.54) is 29.8 Å². The molecular formula is C17H22N2. The minimum Gasteiger partial charge on any atom is -0.385 e. The van der Waals surface area contributed by atoms with Gasteiger partial charge in [0.1, 0.15) is 0 Å². The van der Waals surface area contributed by atoms with Gasteiger partial charge in [-0.3, -0.25) is 0 Å². The van der Waals surface area contributed by atoms with E-state index in [1.807, 2.05) is 6.07 Å². The van der Waals surface area contributed by atoms with Gasteiger partial charge in [-0.25, -0.2) is 0 Å². The SMILES string of the molecule is Cc1ccc(NCCCCNc2ccccc2)cc1. The van der Waals surface area contributed by atoms with E-state index in [0.29, 0.717) is 0 Å². The third-order valence-electron chi connectivity index (χ3n) is 3.09. The maximum atomic E-state index is 3.44. The van der Waals surface area contributed by atoms with Crippen LogP contribution in [0.3, 0.4) is 0 Å². The number of anilines is 2. The second kappa shape index (κ2) is 7.47. The summed E-state index contributed by atoms with van der Waals surface area (Å²) in [7, 11) is 0. The molecule has 0 saturated heterocycles. The third-order valence-corrected chi connectivity index (χ3v) is 3.09. The van der Waals surface area contributed by atoms with Crippen LogP contribution in [0.25, 0.3) is 0 Å². The molecule has 0 aliphatic carbocycles. The normalized spacial score (nSPS) is 10.2. The Labute approximate surface area is 115 Å². The molecule has 0 fully saturated rings. The van der Waals surface area contributed by atoms with E-state index in [2.05, 4.69) is 66.1 Å². The highest BCUT2D eigenvalue weighted by Gasteiger charge is 1.93. The van der Waals surface area contributed by atoms with E-state index in [0.717, 1.165) is 13.1 Å². The standard InChI is InChI=1S/C17H22N2/c1-15-9-11-17(12-10-15)19-14-6-5-13-18-16-7-3-2-4-8-16/h2-4,7-12,18-19H,5-6,13-14H2,1H3. The zero-order chi connectivity index (χ0) is 13.3. The summed E-state index contributed by atoms with van der Waals surface area (Å²) in [5, 5.41) is 6.87. The summed E-state index contributed by atoms with van der Waals surface area (Å²) in [5.41, 5.74) is 3.72. The number of para-hydroxylation sites is 1. The number of nitrogens with one attached hydrogen (secondary N) is 2. The molecule has 2 rings (SSSR count). The highest BCUT2D eigenvalue weighted by atomic mass is 14.9. The number of aryl methyl sites for hydroxylation is 1. The molecule has 0 spiro atoms. The van der Waals surface area contributed by atoms with Crippen LogP contribution in [0.1, 0.15) is 18.4 Å². The molecule has 0 atom stereocenters. The number of rotatable bonds is 7. The van der Waals surface area contributed by atoms with E-state index in [9.17, 15) is 0 Å². The summed E-state index contributed by atoms with van der Waals surface area (Å²) < 4.78 is 0. The zero-order valence-corrected chi connectivity index (χ0v) is 11.5. The fourth-order valence-electron chi connectivity index (χ4n) is 1.94. The monoisotopic (exact) mass is 254 g/mol. The van der Waals surface area contributed by atoms with Crippen molar-refractivity contribution in [1.29, 1.82) is 0 Å². The molecule has 19 heavy (non-hydrogen) atoms. The van der Waals surface area contributed by atoms with E-state index in [4.69, 9.17) is 0 Å². The Bertz CT molecular complexity index is 462. The summed E-state index contributed by atoms with van der Waals surface area (Å²) in [4.78, 5) is 0. The molecule has 0 heterocycles. The van der Waals surface area contributed by atoms with Crippen LogP contribution in [-0.2, 0) is 0 Å². The first-order valence-electron chi connectivity index (χ1n) is 6.94. The van der Waals surface area contributed by atoms with Crippen LogP contribution >= 0.6 is 0 Å². The van der Waals surface area contributed by atoms with Gasteiger partial charge in [0.2, 0.25) is 0 Å². The lowest BCUT2D eigenvalue weighted by Gasteiger charge is -2.08. The molecule has 100 valence electrons. The molecule has 0 saturated carbocycles. The van der Waals surface area contributed by atoms with E-state index < -0.39 is 0 Å². The van der Waals surface area contributed by atoms with Crippen molar-refractivity contribution >= 4 is 11.4 Å². The average molecular weight is 254 g/mol. The minimum absolute atomic E-state index is 1.03. The van der Waals surface area contributed by atoms with Crippen molar-refractivity contribution < 1.29 is 0 Å². The van der Waals surface area contributed by atoms with Crippen molar-refractivity contribution in [3.05, 3.63) is 60.2 Å². The summed E-state index contributed by atoms with van der Waals surface area (Å²) >= 11 is 0. The van der Waals surface area contributed by atoms with Gasteiger partial charge < -0.3 is 10.6 Å². The topological polar surface area (TPSA) is 24.1 Å². The molecule has 0 radical (unpaired) electrons. The van der Waals surface area contributed by atoms with E-state index >= 15 is 0 Å². The number of hydrogen-bond acceptors (Lipinski definition) is 2. The van der Waals surface area contributed by atoms with Crippen molar-refractivity contribution in [2.45, 2.75) is 19.8 Å². The molecule has 0 aromatic heterocycles. The van der Waals surface area contributed by atoms with Gasteiger partial charge in [0.25, 0.3) is 0 Å². The lowest BCUT2D eigenvalue weighted by atomic mass is 10.2. The number of hydrogen-bond donors (Lipinski definition) is 2. The molecule has 2 N–H and O–H groups in total. The van der Waals surface area contributed by atoms with Crippen LogP contribution in [0, 0.1) is 6.92 Å². The fraction of sp³-hybridized carbons (Fsp3) is 0.294. The van der Waals surface area contributed by atoms with Crippen molar-refractivity contribution in [3.8, 4) is 0 Å². The predicted octanol–water partition coefficient (Wildman–Crippen LogP) is 4.30. The van der Waals surface area contributed by atoms with Gasteiger partial charge in [-0.1, -0.05) is 35.9 Å². The highest BCUT2D eigenvalue weighted by Crippen LogP contribution is 2.09. The third kappa shape index (κ3) is 5.04. The van der Waals surface area contributed by atoms with Crippen molar-refractivity contribution in [3.63, 3.8) is 0 Å². The summed E-state index contributed by atoms with van der Waals surface area (Å²) in [6.07, 6.45) is 2.35. The van der Waals surface area contributed by atoms with Gasteiger partial charge in [0.15, 0.2) is 0 Å². The molecule has 0 aliphatic heterocycles. The lowest BCUT2D eigenvalue weighted by Crippen LogP contribution is -2.06. The van der Waals surface area contributed by atoms with Gasteiger partial charge in [0, 0.05) is 24.5 Å². The Balaban J connectivity index is 1.56. The number of benzene rings is 2. The summed E-state index contributed by atoms with van der Waals surface area (Å²) in [5.74, 6) is 0. The summed E-state index contributed by atoms with van der Waals surface area (Å²) in [6.45, 7) is 4.16. The minimum atomic E-state index is 1.03. The van der Waals surface area contributed by atoms with Crippen molar-refractivity contribution in [1.82, 2.24) is 0 Å². The highest BCUT2D eigenvalue weighted by molar-refractivity contribution is 5.44. The first-order valence-corrected chi connectivity index (χ1v) is 6.94. The molecule has 2 heteroatoms. The summed E-state index contributed by atoms with van der Waals surface area (Å²) in [6, 6.07) is 18.9. The van der Waals surface area contributed by atoms with Gasteiger partial charge in [0.05, 0.1) is 0 Å². The Hall–Kier alpha value is -1.96. The molecule has 0 unspecified atom stereocenters. The second-order valence-electron chi connectivity index (χ2n) is 4.79. The number of unbranched alkanes of at least 4 members (excludes halogenated alkanes) is 1. The molecule has 0 aliphatic rings. The van der Waals surface area contributed by atoms with Gasteiger partial charge in [-0.2, -0.15) is 0 Å². The maximum absolute atomic E-state index is 3.44. The average Bonchev–Trinajstić information content (AvgIpc) is 2.46. The van der Waals surface area contributed by atoms with Gasteiger partial charge >= 0.3 is 0 Å². The first-order chi connectivity index (χ1) is 9.34. The molecule has 2 aromatic carbocycles. The van der Waals surface area contributed by atoms with E-state index in [1.54, 1.807) is 0 Å². The first kappa shape index (κ1) is 13.5. The molecule has 2 nitrogen and oxygen atoms in total.